The van der Waals surface area contributed by atoms with Crippen molar-refractivity contribution < 1.29 is 5.11 Å². The van der Waals surface area contributed by atoms with Crippen molar-refractivity contribution in [3.63, 3.8) is 0 Å². The van der Waals surface area contributed by atoms with Crippen LogP contribution in [0, 0.1) is 11.8 Å². The van der Waals surface area contributed by atoms with Gasteiger partial charge in [0.05, 0.1) is 6.61 Å². The number of hydrogen-bond donors (Lipinski definition) is 1. The van der Waals surface area contributed by atoms with Crippen molar-refractivity contribution in [2.75, 3.05) is 12.5 Å². The second-order valence-electron chi connectivity index (χ2n) is 1.70. The summed E-state index contributed by atoms with van der Waals surface area (Å²) in [5, 5.41) is 8.29. The molecule has 0 aliphatic rings. The molecule has 0 aliphatic carbocycles. The van der Waals surface area contributed by atoms with Crippen molar-refractivity contribution in [1.82, 2.24) is 0 Å². The molecule has 0 bridgehead atoms. The van der Waals surface area contributed by atoms with Gasteiger partial charge in [-0.15, -0.1) is 11.6 Å². The Morgan fingerprint density at radius 1 is 1.50 bits per heavy atom. The highest BCUT2D eigenvalue weighted by molar-refractivity contribution is 6.17. The van der Waals surface area contributed by atoms with Gasteiger partial charge in [0.1, 0.15) is 0 Å². The maximum Gasteiger partial charge on any atom is 0.0621 e. The third-order valence-electron chi connectivity index (χ3n) is 0.844. The summed E-state index contributed by atoms with van der Waals surface area (Å²) in [7, 11) is 0. The maximum atomic E-state index is 8.29. The van der Waals surface area contributed by atoms with Gasteiger partial charge in [-0.2, -0.15) is 0 Å². The number of alkyl halides is 1. The van der Waals surface area contributed by atoms with Gasteiger partial charge in [-0.05, 0) is 12.5 Å². The number of aliphatic hydroxyl groups is 1. The second-order valence-corrected chi connectivity index (χ2v) is 2.08. The molecule has 0 heterocycles. The second kappa shape index (κ2) is 8.55. The van der Waals surface area contributed by atoms with E-state index in [1.807, 2.05) is 0 Å². The van der Waals surface area contributed by atoms with Crippen LogP contribution in [0.5, 0.6) is 0 Å². The summed E-state index contributed by atoms with van der Waals surface area (Å²) in [4.78, 5) is 0. The number of unbranched alkanes of at least 4 members (excludes halogenated alkanes) is 1. The molecule has 0 spiro atoms. The molecule has 56 valence electrons. The average Bonchev–Trinajstić information content (AvgIpc) is 1.97. The molecule has 0 fully saturated rings. The van der Waals surface area contributed by atoms with Gasteiger partial charge in [-0.3, -0.25) is 0 Å². The van der Waals surface area contributed by atoms with E-state index >= 15 is 0 Å². The quantitative estimate of drug-likeness (QED) is 0.376. The Morgan fingerprint density at radius 3 is 2.90 bits per heavy atom. The first-order valence-electron chi connectivity index (χ1n) is 3.22. The lowest BCUT2D eigenvalue weighted by molar-refractivity contribution is 0.343. The van der Waals surface area contributed by atoms with Crippen LogP contribution in [0.2, 0.25) is 0 Å². The first-order valence-corrected chi connectivity index (χ1v) is 3.75. The first kappa shape index (κ1) is 9.55. The van der Waals surface area contributed by atoms with E-state index in [2.05, 4.69) is 11.8 Å². The fraction of sp³-hybridized carbons (Fsp3) is 0.500. The Balaban J connectivity index is 3.22. The van der Waals surface area contributed by atoms with Crippen LogP contribution >= 0.6 is 11.6 Å². The zero-order valence-corrected chi connectivity index (χ0v) is 6.56. The van der Waals surface area contributed by atoms with E-state index in [9.17, 15) is 0 Å². The molecule has 0 amide bonds. The van der Waals surface area contributed by atoms with Gasteiger partial charge in [-0.25, -0.2) is 0 Å². The highest BCUT2D eigenvalue weighted by Crippen LogP contribution is 1.88. The monoisotopic (exact) mass is 158 g/mol. The Labute approximate surface area is 66.7 Å². The van der Waals surface area contributed by atoms with E-state index < -0.39 is 0 Å². The normalized spacial score (nSPS) is 9.40. The largest absolute Gasteiger partial charge is 0.392 e. The van der Waals surface area contributed by atoms with Crippen LogP contribution in [0.25, 0.3) is 0 Å². The fourth-order valence-corrected chi connectivity index (χ4v) is 0.532. The molecule has 0 rings (SSSR count). The van der Waals surface area contributed by atoms with Crippen molar-refractivity contribution in [2.45, 2.75) is 12.8 Å². The highest BCUT2D eigenvalue weighted by atomic mass is 35.5. The molecular weight excluding hydrogens is 148 g/mol. The maximum absolute atomic E-state index is 8.29. The van der Waals surface area contributed by atoms with Gasteiger partial charge in [0.2, 0.25) is 0 Å². The Hall–Kier alpha value is -0.450. The van der Waals surface area contributed by atoms with Crippen LogP contribution in [-0.2, 0) is 0 Å². The van der Waals surface area contributed by atoms with Crippen molar-refractivity contribution in [3.05, 3.63) is 12.2 Å². The van der Waals surface area contributed by atoms with Crippen LogP contribution in [0.3, 0.4) is 0 Å². The third-order valence-corrected chi connectivity index (χ3v) is 1.11. The van der Waals surface area contributed by atoms with E-state index in [0.29, 0.717) is 5.88 Å². The van der Waals surface area contributed by atoms with Gasteiger partial charge < -0.3 is 5.11 Å². The van der Waals surface area contributed by atoms with E-state index in [1.54, 1.807) is 12.2 Å². The molecule has 0 atom stereocenters. The van der Waals surface area contributed by atoms with Crippen molar-refractivity contribution in [3.8, 4) is 11.8 Å². The molecule has 0 unspecified atom stereocenters. The van der Waals surface area contributed by atoms with Gasteiger partial charge in [0, 0.05) is 12.3 Å². The Bertz CT molecular complexity index is 141. The van der Waals surface area contributed by atoms with Crippen LogP contribution in [0.15, 0.2) is 12.2 Å². The summed E-state index contributed by atoms with van der Waals surface area (Å²) < 4.78 is 0. The van der Waals surface area contributed by atoms with Gasteiger partial charge >= 0.3 is 0 Å². The molecule has 0 aromatic carbocycles. The van der Waals surface area contributed by atoms with Crippen LogP contribution < -0.4 is 0 Å². The first-order chi connectivity index (χ1) is 4.91. The lowest BCUT2D eigenvalue weighted by atomic mass is 10.3. The lowest BCUT2D eigenvalue weighted by Crippen LogP contribution is -1.71. The molecule has 0 saturated carbocycles. The number of hydrogen-bond acceptors (Lipinski definition) is 1. The zero-order chi connectivity index (χ0) is 7.66. The standard InChI is InChI=1S/C8H11ClO/c9-7-5-3-1-2-4-6-8-10/h4,6,10H,3,5,7-8H2/b6-4+. The molecule has 1 nitrogen and oxygen atoms in total. The summed E-state index contributed by atoms with van der Waals surface area (Å²) in [6.07, 6.45) is 5.02. The number of allylic oxidation sites excluding steroid dienone is 1. The summed E-state index contributed by atoms with van der Waals surface area (Å²) in [6.45, 7) is 0.0597. The SMILES string of the molecule is OC/C=C/C#CCCCCl. The van der Waals surface area contributed by atoms with Crippen LogP contribution in [-0.4, -0.2) is 17.6 Å². The van der Waals surface area contributed by atoms with Gasteiger partial charge in [-0.1, -0.05) is 17.9 Å². The van der Waals surface area contributed by atoms with Crippen LogP contribution in [0.4, 0.5) is 0 Å². The minimum absolute atomic E-state index is 0.0597. The zero-order valence-electron chi connectivity index (χ0n) is 5.81. The van der Waals surface area contributed by atoms with Crippen LogP contribution in [0.1, 0.15) is 12.8 Å². The summed E-state index contributed by atoms with van der Waals surface area (Å²) in [6, 6.07) is 0. The van der Waals surface area contributed by atoms with Gasteiger partial charge in [0.25, 0.3) is 0 Å². The summed E-state index contributed by atoms with van der Waals surface area (Å²) in [5.74, 6) is 6.33. The minimum Gasteiger partial charge on any atom is -0.392 e. The predicted molar refractivity (Wildman–Crippen MR) is 44.0 cm³/mol. The van der Waals surface area contributed by atoms with E-state index in [4.69, 9.17) is 16.7 Å². The van der Waals surface area contributed by atoms with Crippen molar-refractivity contribution in [1.29, 1.82) is 0 Å². The summed E-state index contributed by atoms with van der Waals surface area (Å²) >= 11 is 5.42. The predicted octanol–water partition coefficient (Wildman–Crippen LogP) is 1.56. The number of aliphatic hydroxyl groups excluding tert-OH is 1. The molecule has 0 radical (unpaired) electrons. The van der Waals surface area contributed by atoms with E-state index in [0.717, 1.165) is 12.8 Å². The van der Waals surface area contributed by atoms with Crippen molar-refractivity contribution >= 4 is 11.6 Å². The highest BCUT2D eigenvalue weighted by Gasteiger charge is 1.75. The molecule has 0 aromatic rings. The molecule has 0 saturated heterocycles. The molecular formula is C8H11ClO. The third kappa shape index (κ3) is 7.55. The molecule has 0 aromatic heterocycles. The lowest BCUT2D eigenvalue weighted by Gasteiger charge is -1.80. The molecule has 1 N–H and O–H groups in total. The summed E-state index contributed by atoms with van der Waals surface area (Å²) in [5.41, 5.74) is 0. The number of rotatable bonds is 3. The average molecular weight is 159 g/mol. The Morgan fingerprint density at radius 2 is 2.30 bits per heavy atom. The topological polar surface area (TPSA) is 20.2 Å². The molecule has 2 heteroatoms. The van der Waals surface area contributed by atoms with Crippen molar-refractivity contribution in [2.24, 2.45) is 0 Å². The molecule has 10 heavy (non-hydrogen) atoms. The van der Waals surface area contributed by atoms with Gasteiger partial charge in [0.15, 0.2) is 0 Å². The van der Waals surface area contributed by atoms with E-state index in [1.165, 1.54) is 0 Å². The number of halogens is 1. The fourth-order valence-electron chi connectivity index (χ4n) is 0.398. The molecule has 0 aliphatic heterocycles. The minimum atomic E-state index is 0.0597. The smallest absolute Gasteiger partial charge is 0.0621 e. The Kier molecular flexibility index (Phi) is 8.17. The van der Waals surface area contributed by atoms with E-state index in [-0.39, 0.29) is 6.61 Å².